The largest absolute Gasteiger partial charge is 0.507 e. The number of carbonyl (C=O) groups is 2. The number of hydrogen-bond acceptors (Lipinski definition) is 4. The quantitative estimate of drug-likeness (QED) is 0.458. The van der Waals surface area contributed by atoms with Crippen molar-refractivity contribution in [2.24, 2.45) is 5.10 Å². The highest BCUT2D eigenvalue weighted by molar-refractivity contribution is 6.39. The van der Waals surface area contributed by atoms with Crippen molar-refractivity contribution in [3.05, 3.63) is 58.6 Å². The summed E-state index contributed by atoms with van der Waals surface area (Å²) in [6.07, 6.45) is 1.19. The Labute approximate surface area is 137 Å². The summed E-state index contributed by atoms with van der Waals surface area (Å²) in [4.78, 5) is 23.4. The van der Waals surface area contributed by atoms with E-state index >= 15 is 0 Å². The van der Waals surface area contributed by atoms with Crippen LogP contribution in [0.25, 0.3) is 0 Å². The van der Waals surface area contributed by atoms with E-state index in [9.17, 15) is 14.7 Å². The Kier molecular flexibility index (Phi) is 5.32. The van der Waals surface area contributed by atoms with E-state index in [-0.39, 0.29) is 5.75 Å². The van der Waals surface area contributed by atoms with Crippen molar-refractivity contribution >= 4 is 35.3 Å². The van der Waals surface area contributed by atoms with Crippen molar-refractivity contribution in [2.45, 2.75) is 6.92 Å². The lowest BCUT2D eigenvalue weighted by atomic mass is 10.2. The number of hydrogen-bond donors (Lipinski definition) is 3. The third-order valence-corrected chi connectivity index (χ3v) is 3.08. The number of phenolic OH excluding ortho intramolecular Hbond substituents is 1. The van der Waals surface area contributed by atoms with Gasteiger partial charge in [-0.1, -0.05) is 23.7 Å². The standard InChI is InChI=1S/C16H14ClN3O3/c1-10-3-2-4-13(7-10)19-15(22)16(23)20-18-9-11-8-12(17)5-6-14(11)21/h2-9,21H,1H3,(H,19,22)(H,20,23)/b18-9-. The molecule has 0 saturated heterocycles. The van der Waals surface area contributed by atoms with E-state index in [1.54, 1.807) is 18.2 Å². The highest BCUT2D eigenvalue weighted by Gasteiger charge is 2.12. The summed E-state index contributed by atoms with van der Waals surface area (Å²) in [5.74, 6) is -1.82. The van der Waals surface area contributed by atoms with Crippen LogP contribution in [0.1, 0.15) is 11.1 Å². The molecule has 6 nitrogen and oxygen atoms in total. The lowest BCUT2D eigenvalue weighted by molar-refractivity contribution is -0.136. The van der Waals surface area contributed by atoms with Crippen molar-refractivity contribution in [1.82, 2.24) is 5.43 Å². The van der Waals surface area contributed by atoms with E-state index in [0.717, 1.165) is 5.56 Å². The third-order valence-electron chi connectivity index (χ3n) is 2.84. The summed E-state index contributed by atoms with van der Waals surface area (Å²) in [5, 5.41) is 16.1. The summed E-state index contributed by atoms with van der Waals surface area (Å²) < 4.78 is 0. The maximum Gasteiger partial charge on any atom is 0.329 e. The minimum Gasteiger partial charge on any atom is -0.507 e. The van der Waals surface area contributed by atoms with Gasteiger partial charge in [-0.3, -0.25) is 9.59 Å². The number of halogens is 1. The second kappa shape index (κ2) is 7.42. The van der Waals surface area contributed by atoms with Gasteiger partial charge in [0.2, 0.25) is 0 Å². The Bertz CT molecular complexity index is 775. The van der Waals surface area contributed by atoms with Crippen LogP contribution in [0.4, 0.5) is 5.69 Å². The number of phenols is 1. The smallest absolute Gasteiger partial charge is 0.329 e. The van der Waals surface area contributed by atoms with E-state index in [0.29, 0.717) is 16.3 Å². The predicted octanol–water partition coefficient (Wildman–Crippen LogP) is 2.44. The van der Waals surface area contributed by atoms with Crippen LogP contribution in [0.15, 0.2) is 47.6 Å². The van der Waals surface area contributed by atoms with Crippen molar-refractivity contribution in [3.8, 4) is 5.75 Å². The molecule has 3 N–H and O–H groups in total. The predicted molar refractivity (Wildman–Crippen MR) is 88.7 cm³/mol. The molecule has 0 unspecified atom stereocenters. The number of rotatable bonds is 3. The number of aryl methyl sites for hydroxylation is 1. The molecule has 7 heteroatoms. The minimum absolute atomic E-state index is 0.0448. The normalized spacial score (nSPS) is 10.5. The summed E-state index contributed by atoms with van der Waals surface area (Å²) in [6.45, 7) is 1.87. The number of carbonyl (C=O) groups excluding carboxylic acids is 2. The zero-order valence-corrected chi connectivity index (χ0v) is 13.0. The Morgan fingerprint density at radius 1 is 1.17 bits per heavy atom. The molecule has 0 aromatic heterocycles. The number of benzene rings is 2. The van der Waals surface area contributed by atoms with Gasteiger partial charge in [-0.25, -0.2) is 5.43 Å². The molecule has 0 aliphatic heterocycles. The molecule has 0 heterocycles. The van der Waals surface area contributed by atoms with Gasteiger partial charge in [0.05, 0.1) is 6.21 Å². The maximum absolute atomic E-state index is 11.7. The van der Waals surface area contributed by atoms with Crippen LogP contribution < -0.4 is 10.7 Å². The van der Waals surface area contributed by atoms with E-state index < -0.39 is 11.8 Å². The third kappa shape index (κ3) is 4.82. The molecule has 0 bridgehead atoms. The molecular weight excluding hydrogens is 318 g/mol. The van der Waals surface area contributed by atoms with Crippen LogP contribution in [0.5, 0.6) is 5.75 Å². The zero-order valence-electron chi connectivity index (χ0n) is 12.2. The lowest BCUT2D eigenvalue weighted by Crippen LogP contribution is -2.32. The van der Waals surface area contributed by atoms with Gasteiger partial charge in [0.25, 0.3) is 0 Å². The number of anilines is 1. The molecule has 0 aliphatic carbocycles. The van der Waals surface area contributed by atoms with Gasteiger partial charge in [0.1, 0.15) is 5.75 Å². The van der Waals surface area contributed by atoms with Crippen LogP contribution in [-0.4, -0.2) is 23.1 Å². The van der Waals surface area contributed by atoms with E-state index in [2.05, 4.69) is 15.8 Å². The molecule has 2 aromatic carbocycles. The van der Waals surface area contributed by atoms with Crippen LogP contribution in [-0.2, 0) is 9.59 Å². The second-order valence-corrected chi connectivity index (χ2v) is 5.16. The fraction of sp³-hybridized carbons (Fsp3) is 0.0625. The van der Waals surface area contributed by atoms with Crippen molar-refractivity contribution in [2.75, 3.05) is 5.32 Å². The fourth-order valence-electron chi connectivity index (χ4n) is 1.75. The first-order valence-corrected chi connectivity index (χ1v) is 7.03. The van der Waals surface area contributed by atoms with E-state index in [1.807, 2.05) is 13.0 Å². The minimum atomic E-state index is -0.927. The number of nitrogens with zero attached hydrogens (tertiary/aromatic N) is 1. The Balaban J connectivity index is 1.95. The second-order valence-electron chi connectivity index (χ2n) is 4.73. The fourth-order valence-corrected chi connectivity index (χ4v) is 1.93. The number of hydrazone groups is 1. The van der Waals surface area contributed by atoms with Gasteiger partial charge in [-0.2, -0.15) is 5.10 Å². The number of amides is 2. The monoisotopic (exact) mass is 331 g/mol. The van der Waals surface area contributed by atoms with Gasteiger partial charge in [-0.05, 0) is 42.8 Å². The highest BCUT2D eigenvalue weighted by Crippen LogP contribution is 2.19. The molecule has 0 radical (unpaired) electrons. The first-order valence-electron chi connectivity index (χ1n) is 6.65. The van der Waals surface area contributed by atoms with Crippen molar-refractivity contribution in [1.29, 1.82) is 0 Å². The van der Waals surface area contributed by atoms with Crippen molar-refractivity contribution in [3.63, 3.8) is 0 Å². The van der Waals surface area contributed by atoms with E-state index in [4.69, 9.17) is 11.6 Å². The summed E-state index contributed by atoms with van der Waals surface area (Å²) in [5.41, 5.74) is 3.86. The highest BCUT2D eigenvalue weighted by atomic mass is 35.5. The number of nitrogens with one attached hydrogen (secondary N) is 2. The molecule has 2 amide bonds. The molecule has 2 aromatic rings. The van der Waals surface area contributed by atoms with Gasteiger partial charge in [0.15, 0.2) is 0 Å². The van der Waals surface area contributed by atoms with Crippen molar-refractivity contribution < 1.29 is 14.7 Å². The SMILES string of the molecule is Cc1cccc(NC(=O)C(=O)N/N=C\c2cc(Cl)ccc2O)c1. The summed E-state index contributed by atoms with van der Waals surface area (Å²) >= 11 is 5.79. The molecule has 118 valence electrons. The molecular formula is C16H14ClN3O3. The molecule has 2 rings (SSSR count). The van der Waals surface area contributed by atoms with Gasteiger partial charge in [-0.15, -0.1) is 0 Å². The Morgan fingerprint density at radius 3 is 2.70 bits per heavy atom. The molecule has 0 spiro atoms. The lowest BCUT2D eigenvalue weighted by Gasteiger charge is -2.04. The summed E-state index contributed by atoms with van der Waals surface area (Å²) in [7, 11) is 0. The number of aromatic hydroxyl groups is 1. The Hall–Kier alpha value is -2.86. The zero-order chi connectivity index (χ0) is 16.8. The van der Waals surface area contributed by atoms with Crippen LogP contribution >= 0.6 is 11.6 Å². The van der Waals surface area contributed by atoms with Crippen LogP contribution in [0.3, 0.4) is 0 Å². The topological polar surface area (TPSA) is 90.8 Å². The molecule has 0 fully saturated rings. The first-order chi connectivity index (χ1) is 11.0. The first kappa shape index (κ1) is 16.5. The summed E-state index contributed by atoms with van der Waals surface area (Å²) in [6, 6.07) is 11.4. The van der Waals surface area contributed by atoms with Crippen LogP contribution in [0.2, 0.25) is 5.02 Å². The van der Waals surface area contributed by atoms with Gasteiger partial charge >= 0.3 is 11.8 Å². The van der Waals surface area contributed by atoms with Gasteiger partial charge < -0.3 is 10.4 Å². The molecule has 0 aliphatic rings. The average molecular weight is 332 g/mol. The van der Waals surface area contributed by atoms with Gasteiger partial charge in [0, 0.05) is 16.3 Å². The van der Waals surface area contributed by atoms with E-state index in [1.165, 1.54) is 24.4 Å². The average Bonchev–Trinajstić information content (AvgIpc) is 2.50. The molecule has 0 atom stereocenters. The molecule has 23 heavy (non-hydrogen) atoms. The van der Waals surface area contributed by atoms with Crippen LogP contribution in [0, 0.1) is 6.92 Å². The molecule has 0 saturated carbocycles. The maximum atomic E-state index is 11.7. The Morgan fingerprint density at radius 2 is 1.96 bits per heavy atom.